The van der Waals surface area contributed by atoms with Crippen LogP contribution >= 0.6 is 15.9 Å². The van der Waals surface area contributed by atoms with Crippen LogP contribution in [0.25, 0.3) is 10.8 Å². The Kier molecular flexibility index (Phi) is 4.32. The average molecular weight is 344 g/mol. The van der Waals surface area contributed by atoms with Crippen LogP contribution in [0.5, 0.6) is 0 Å². The second kappa shape index (κ2) is 6.37. The summed E-state index contributed by atoms with van der Waals surface area (Å²) in [5.41, 5.74) is 2.18. The van der Waals surface area contributed by atoms with Crippen LogP contribution < -0.4 is 5.32 Å². The van der Waals surface area contributed by atoms with Crippen LogP contribution in [0.2, 0.25) is 0 Å². The maximum Gasteiger partial charge on any atom is 0.137 e. The molecule has 0 saturated heterocycles. The van der Waals surface area contributed by atoms with Crippen molar-refractivity contribution in [2.24, 2.45) is 0 Å². The van der Waals surface area contributed by atoms with E-state index in [1.165, 1.54) is 22.4 Å². The third kappa shape index (κ3) is 3.14. The number of hydrogen-bond donors (Lipinski definition) is 1. The molecule has 0 fully saturated rings. The van der Waals surface area contributed by atoms with E-state index in [1.807, 2.05) is 12.1 Å². The molecular formula is C18H15BrFN. The van der Waals surface area contributed by atoms with Crippen molar-refractivity contribution < 1.29 is 4.39 Å². The first-order valence-corrected chi connectivity index (χ1v) is 7.65. The highest BCUT2D eigenvalue weighted by atomic mass is 79.9. The SMILES string of the molecule is Fc1cccc(CNCc2cccc3ccccc23)c1Br. The van der Waals surface area contributed by atoms with Crippen LogP contribution in [-0.2, 0) is 13.1 Å². The quantitative estimate of drug-likeness (QED) is 0.700. The zero-order valence-electron chi connectivity index (χ0n) is 11.4. The third-order valence-electron chi connectivity index (χ3n) is 3.54. The van der Waals surface area contributed by atoms with Gasteiger partial charge in [-0.05, 0) is 43.9 Å². The second-order valence-corrected chi connectivity index (χ2v) is 5.75. The van der Waals surface area contributed by atoms with Gasteiger partial charge in [-0.25, -0.2) is 4.39 Å². The predicted molar refractivity (Wildman–Crippen MR) is 88.6 cm³/mol. The molecule has 106 valence electrons. The number of benzene rings is 3. The molecule has 21 heavy (non-hydrogen) atoms. The van der Waals surface area contributed by atoms with Gasteiger partial charge in [-0.1, -0.05) is 54.6 Å². The summed E-state index contributed by atoms with van der Waals surface area (Å²) in [6, 6.07) is 19.7. The van der Waals surface area contributed by atoms with E-state index in [2.05, 4.69) is 57.6 Å². The summed E-state index contributed by atoms with van der Waals surface area (Å²) >= 11 is 3.29. The minimum absolute atomic E-state index is 0.223. The second-order valence-electron chi connectivity index (χ2n) is 4.95. The minimum atomic E-state index is -0.223. The zero-order valence-corrected chi connectivity index (χ0v) is 13.0. The largest absolute Gasteiger partial charge is 0.309 e. The lowest BCUT2D eigenvalue weighted by Gasteiger charge is -2.10. The van der Waals surface area contributed by atoms with Crippen LogP contribution in [0.3, 0.4) is 0 Å². The van der Waals surface area contributed by atoms with Crippen molar-refractivity contribution in [3.05, 3.63) is 82.1 Å². The molecule has 0 aromatic heterocycles. The molecule has 0 unspecified atom stereocenters. The molecule has 0 bridgehead atoms. The van der Waals surface area contributed by atoms with Gasteiger partial charge in [-0.3, -0.25) is 0 Å². The molecule has 0 aliphatic rings. The molecule has 0 spiro atoms. The lowest BCUT2D eigenvalue weighted by molar-refractivity contribution is 0.612. The lowest BCUT2D eigenvalue weighted by Crippen LogP contribution is -2.13. The fourth-order valence-corrected chi connectivity index (χ4v) is 2.87. The van der Waals surface area contributed by atoms with E-state index in [1.54, 1.807) is 6.07 Å². The summed E-state index contributed by atoms with van der Waals surface area (Å²) in [6.07, 6.45) is 0. The summed E-state index contributed by atoms with van der Waals surface area (Å²) in [6.45, 7) is 1.38. The summed E-state index contributed by atoms with van der Waals surface area (Å²) in [7, 11) is 0. The molecule has 0 aliphatic carbocycles. The molecule has 0 radical (unpaired) electrons. The van der Waals surface area contributed by atoms with Crippen LogP contribution in [0, 0.1) is 5.82 Å². The maximum atomic E-state index is 13.5. The number of fused-ring (bicyclic) bond motifs is 1. The number of halogens is 2. The molecule has 0 heterocycles. The Labute approximate surface area is 131 Å². The zero-order chi connectivity index (χ0) is 14.7. The van der Waals surface area contributed by atoms with E-state index >= 15 is 0 Å². The molecule has 1 N–H and O–H groups in total. The van der Waals surface area contributed by atoms with Gasteiger partial charge in [0.25, 0.3) is 0 Å². The monoisotopic (exact) mass is 343 g/mol. The highest BCUT2D eigenvalue weighted by Crippen LogP contribution is 2.21. The standard InChI is InChI=1S/C18H15BrFN/c19-18-15(8-4-10-17(18)20)12-21-11-14-7-3-6-13-5-1-2-9-16(13)14/h1-10,21H,11-12H2. The van der Waals surface area contributed by atoms with Crippen LogP contribution in [0.15, 0.2) is 65.1 Å². The molecule has 0 saturated carbocycles. The van der Waals surface area contributed by atoms with E-state index in [4.69, 9.17) is 0 Å². The lowest BCUT2D eigenvalue weighted by atomic mass is 10.0. The Balaban J connectivity index is 1.74. The number of nitrogens with one attached hydrogen (secondary N) is 1. The fourth-order valence-electron chi connectivity index (χ4n) is 2.46. The highest BCUT2D eigenvalue weighted by Gasteiger charge is 2.05. The summed E-state index contributed by atoms with van der Waals surface area (Å²) < 4.78 is 14.0. The van der Waals surface area contributed by atoms with Crippen molar-refractivity contribution in [3.63, 3.8) is 0 Å². The summed E-state index contributed by atoms with van der Waals surface area (Å²) in [5.74, 6) is -0.223. The van der Waals surface area contributed by atoms with Gasteiger partial charge in [-0.15, -0.1) is 0 Å². The predicted octanol–water partition coefficient (Wildman–Crippen LogP) is 5.03. The van der Waals surface area contributed by atoms with Crippen molar-refractivity contribution in [1.29, 1.82) is 0 Å². The van der Waals surface area contributed by atoms with Crippen LogP contribution in [-0.4, -0.2) is 0 Å². The van der Waals surface area contributed by atoms with Gasteiger partial charge in [0.1, 0.15) is 5.82 Å². The van der Waals surface area contributed by atoms with Crippen LogP contribution in [0.4, 0.5) is 4.39 Å². The van der Waals surface area contributed by atoms with E-state index in [0.717, 1.165) is 12.1 Å². The highest BCUT2D eigenvalue weighted by molar-refractivity contribution is 9.10. The molecular weight excluding hydrogens is 329 g/mol. The Morgan fingerprint density at radius 2 is 1.48 bits per heavy atom. The van der Waals surface area contributed by atoms with E-state index in [-0.39, 0.29) is 5.82 Å². The van der Waals surface area contributed by atoms with Crippen molar-refractivity contribution in [3.8, 4) is 0 Å². The first-order valence-electron chi connectivity index (χ1n) is 6.86. The summed E-state index contributed by atoms with van der Waals surface area (Å²) in [4.78, 5) is 0. The maximum absolute atomic E-state index is 13.5. The van der Waals surface area contributed by atoms with Crippen LogP contribution in [0.1, 0.15) is 11.1 Å². The fraction of sp³-hybridized carbons (Fsp3) is 0.111. The topological polar surface area (TPSA) is 12.0 Å². The van der Waals surface area contributed by atoms with Gasteiger partial charge in [0.15, 0.2) is 0 Å². The van der Waals surface area contributed by atoms with Crippen molar-refractivity contribution in [2.45, 2.75) is 13.1 Å². The smallest absolute Gasteiger partial charge is 0.137 e. The average Bonchev–Trinajstić information content (AvgIpc) is 2.52. The molecule has 3 rings (SSSR count). The van der Waals surface area contributed by atoms with Gasteiger partial charge in [0.2, 0.25) is 0 Å². The first kappa shape index (κ1) is 14.2. The Morgan fingerprint density at radius 1 is 0.810 bits per heavy atom. The van der Waals surface area contributed by atoms with Gasteiger partial charge < -0.3 is 5.32 Å². The molecule has 0 atom stereocenters. The van der Waals surface area contributed by atoms with Gasteiger partial charge >= 0.3 is 0 Å². The number of rotatable bonds is 4. The van der Waals surface area contributed by atoms with Gasteiger partial charge in [0, 0.05) is 13.1 Å². The van der Waals surface area contributed by atoms with Crippen molar-refractivity contribution >= 4 is 26.7 Å². The van der Waals surface area contributed by atoms with Crippen molar-refractivity contribution in [1.82, 2.24) is 5.32 Å². The molecule has 0 aliphatic heterocycles. The number of hydrogen-bond acceptors (Lipinski definition) is 1. The first-order chi connectivity index (χ1) is 10.3. The van der Waals surface area contributed by atoms with E-state index < -0.39 is 0 Å². The van der Waals surface area contributed by atoms with Gasteiger partial charge in [-0.2, -0.15) is 0 Å². The Bertz CT molecular complexity index is 765. The molecule has 1 nitrogen and oxygen atoms in total. The normalized spacial score (nSPS) is 11.0. The molecule has 3 heteroatoms. The minimum Gasteiger partial charge on any atom is -0.309 e. The molecule has 3 aromatic rings. The molecule has 0 amide bonds. The van der Waals surface area contributed by atoms with E-state index in [9.17, 15) is 4.39 Å². The third-order valence-corrected chi connectivity index (χ3v) is 4.43. The Morgan fingerprint density at radius 3 is 2.38 bits per heavy atom. The Hall–Kier alpha value is -1.71. The molecule has 3 aromatic carbocycles. The van der Waals surface area contributed by atoms with E-state index in [0.29, 0.717) is 11.0 Å². The van der Waals surface area contributed by atoms with Crippen molar-refractivity contribution in [2.75, 3.05) is 0 Å². The summed E-state index contributed by atoms with van der Waals surface area (Å²) in [5, 5.41) is 5.88. The van der Waals surface area contributed by atoms with Gasteiger partial charge in [0.05, 0.1) is 4.47 Å².